The number of aliphatic hydroxyl groups excluding tert-OH is 1. The minimum absolute atomic E-state index is 0.225. The summed E-state index contributed by atoms with van der Waals surface area (Å²) in [7, 11) is 1.85. The van der Waals surface area contributed by atoms with Crippen molar-refractivity contribution < 1.29 is 5.11 Å². The van der Waals surface area contributed by atoms with E-state index >= 15 is 0 Å². The number of aliphatic hydroxyl groups is 1. The Balaban J connectivity index is 2.95. The van der Waals surface area contributed by atoms with E-state index in [0.29, 0.717) is 6.54 Å². The molecule has 0 saturated heterocycles. The molecule has 108 valence electrons. The van der Waals surface area contributed by atoms with Crippen molar-refractivity contribution in [1.82, 2.24) is 9.97 Å². The molecule has 0 aliphatic heterocycles. The summed E-state index contributed by atoms with van der Waals surface area (Å²) in [5.41, 5.74) is 0.975. The number of aromatic nitrogens is 2. The lowest BCUT2D eigenvalue weighted by molar-refractivity contribution is 0.138. The molecule has 0 fully saturated rings. The van der Waals surface area contributed by atoms with Crippen LogP contribution in [0.5, 0.6) is 0 Å². The predicted molar refractivity (Wildman–Crippen MR) is 79.7 cm³/mol. The molecule has 0 aliphatic rings. The van der Waals surface area contributed by atoms with Crippen LogP contribution >= 0.6 is 0 Å². The van der Waals surface area contributed by atoms with Crippen LogP contribution in [-0.2, 0) is 0 Å². The molecule has 1 heterocycles. The Morgan fingerprint density at radius 3 is 2.16 bits per heavy atom. The molecule has 0 amide bonds. The number of hydrogen-bond donors (Lipinski definition) is 3. The second-order valence-electron chi connectivity index (χ2n) is 5.50. The summed E-state index contributed by atoms with van der Waals surface area (Å²) in [5.74, 6) is 2.92. The first kappa shape index (κ1) is 15.7. The van der Waals surface area contributed by atoms with E-state index in [1.54, 1.807) is 0 Å². The third-order valence-corrected chi connectivity index (χ3v) is 3.16. The van der Waals surface area contributed by atoms with Crippen LogP contribution in [0.15, 0.2) is 0 Å². The normalized spacial score (nSPS) is 12.9. The van der Waals surface area contributed by atoms with Gasteiger partial charge in [-0.05, 0) is 12.8 Å². The standard InChI is InChI=1S/C14H26N4O/c1-8(2)11(19)7-16-14-10(5)13(15-6)17-12(18-14)9(3)4/h8-9,11,19H,7H2,1-6H3,(H2,15,16,17,18). The van der Waals surface area contributed by atoms with Gasteiger partial charge >= 0.3 is 0 Å². The number of rotatable bonds is 6. The topological polar surface area (TPSA) is 70.1 Å². The molecule has 1 aromatic rings. The lowest BCUT2D eigenvalue weighted by atomic mass is 10.1. The van der Waals surface area contributed by atoms with Crippen LogP contribution in [0, 0.1) is 12.8 Å². The number of hydrogen-bond acceptors (Lipinski definition) is 5. The molecule has 0 aliphatic carbocycles. The first-order chi connectivity index (χ1) is 8.86. The summed E-state index contributed by atoms with van der Waals surface area (Å²) >= 11 is 0. The molecule has 0 aromatic carbocycles. The fourth-order valence-corrected chi connectivity index (χ4v) is 1.64. The van der Waals surface area contributed by atoms with Crippen molar-refractivity contribution in [3.05, 3.63) is 11.4 Å². The van der Waals surface area contributed by atoms with E-state index in [4.69, 9.17) is 0 Å². The highest BCUT2D eigenvalue weighted by Crippen LogP contribution is 2.22. The Labute approximate surface area is 115 Å². The average molecular weight is 266 g/mol. The SMILES string of the molecule is CNc1nc(C(C)C)nc(NCC(O)C(C)C)c1C. The van der Waals surface area contributed by atoms with E-state index in [0.717, 1.165) is 23.0 Å². The van der Waals surface area contributed by atoms with Gasteiger partial charge in [0.15, 0.2) is 0 Å². The van der Waals surface area contributed by atoms with Crippen molar-refractivity contribution in [2.75, 3.05) is 24.2 Å². The van der Waals surface area contributed by atoms with E-state index < -0.39 is 0 Å². The van der Waals surface area contributed by atoms with Gasteiger partial charge in [0.25, 0.3) is 0 Å². The average Bonchev–Trinajstić information content (AvgIpc) is 2.36. The monoisotopic (exact) mass is 266 g/mol. The summed E-state index contributed by atoms with van der Waals surface area (Å²) in [6, 6.07) is 0. The zero-order chi connectivity index (χ0) is 14.6. The van der Waals surface area contributed by atoms with Gasteiger partial charge in [-0.15, -0.1) is 0 Å². The third kappa shape index (κ3) is 4.06. The molecule has 1 unspecified atom stereocenters. The van der Waals surface area contributed by atoms with Crippen molar-refractivity contribution >= 4 is 11.6 Å². The summed E-state index contributed by atoms with van der Waals surface area (Å²) in [6.45, 7) is 10.6. The van der Waals surface area contributed by atoms with Crippen molar-refractivity contribution in [3.8, 4) is 0 Å². The predicted octanol–water partition coefficient (Wildman–Crippen LogP) is 2.38. The van der Waals surface area contributed by atoms with Crippen molar-refractivity contribution in [1.29, 1.82) is 0 Å². The van der Waals surface area contributed by atoms with Crippen LogP contribution in [0.25, 0.3) is 0 Å². The zero-order valence-corrected chi connectivity index (χ0v) is 12.8. The van der Waals surface area contributed by atoms with E-state index in [-0.39, 0.29) is 17.9 Å². The van der Waals surface area contributed by atoms with Crippen molar-refractivity contribution in [2.24, 2.45) is 5.92 Å². The molecule has 0 spiro atoms. The molecule has 0 saturated carbocycles. The van der Waals surface area contributed by atoms with Crippen LogP contribution in [-0.4, -0.2) is 34.8 Å². The highest BCUT2D eigenvalue weighted by molar-refractivity contribution is 5.57. The quantitative estimate of drug-likeness (QED) is 0.737. The second-order valence-corrected chi connectivity index (χ2v) is 5.50. The van der Waals surface area contributed by atoms with Crippen LogP contribution in [0.3, 0.4) is 0 Å². The van der Waals surface area contributed by atoms with Crippen molar-refractivity contribution in [3.63, 3.8) is 0 Å². The van der Waals surface area contributed by atoms with Gasteiger partial charge in [-0.2, -0.15) is 0 Å². The molecular formula is C14H26N4O. The van der Waals surface area contributed by atoms with E-state index in [1.165, 1.54) is 0 Å². The first-order valence-corrected chi connectivity index (χ1v) is 6.85. The molecule has 19 heavy (non-hydrogen) atoms. The van der Waals surface area contributed by atoms with E-state index in [2.05, 4.69) is 34.4 Å². The summed E-state index contributed by atoms with van der Waals surface area (Å²) in [6.07, 6.45) is -0.380. The molecule has 5 heteroatoms. The number of nitrogens with zero attached hydrogens (tertiary/aromatic N) is 2. The fraction of sp³-hybridized carbons (Fsp3) is 0.714. The van der Waals surface area contributed by atoms with Gasteiger partial charge in [0, 0.05) is 25.1 Å². The van der Waals surface area contributed by atoms with E-state index in [9.17, 15) is 5.11 Å². The molecule has 0 radical (unpaired) electrons. The van der Waals surface area contributed by atoms with Gasteiger partial charge in [0.2, 0.25) is 0 Å². The number of nitrogens with one attached hydrogen (secondary N) is 2. The van der Waals surface area contributed by atoms with Gasteiger partial charge in [0.05, 0.1) is 6.10 Å². The van der Waals surface area contributed by atoms with Gasteiger partial charge in [-0.1, -0.05) is 27.7 Å². The molecule has 1 aromatic heterocycles. The van der Waals surface area contributed by atoms with Crippen LogP contribution in [0.2, 0.25) is 0 Å². The Kier molecular flexibility index (Phi) is 5.54. The summed E-state index contributed by atoms with van der Waals surface area (Å²) in [5, 5.41) is 16.2. The molecule has 0 bridgehead atoms. The maximum absolute atomic E-state index is 9.86. The van der Waals surface area contributed by atoms with Gasteiger partial charge in [-0.25, -0.2) is 9.97 Å². The lowest BCUT2D eigenvalue weighted by Gasteiger charge is -2.18. The molecule has 1 rings (SSSR count). The van der Waals surface area contributed by atoms with Crippen LogP contribution in [0.4, 0.5) is 11.6 Å². The van der Waals surface area contributed by atoms with Gasteiger partial charge in [-0.3, -0.25) is 0 Å². The van der Waals surface area contributed by atoms with Gasteiger partial charge in [0.1, 0.15) is 17.5 Å². The first-order valence-electron chi connectivity index (χ1n) is 6.85. The smallest absolute Gasteiger partial charge is 0.135 e. The minimum Gasteiger partial charge on any atom is -0.391 e. The zero-order valence-electron chi connectivity index (χ0n) is 12.8. The van der Waals surface area contributed by atoms with E-state index in [1.807, 2.05) is 27.8 Å². The Hall–Kier alpha value is -1.36. The Morgan fingerprint density at radius 2 is 1.68 bits per heavy atom. The molecular weight excluding hydrogens is 240 g/mol. The summed E-state index contributed by atoms with van der Waals surface area (Å²) < 4.78 is 0. The molecule has 1 atom stereocenters. The number of anilines is 2. The maximum atomic E-state index is 9.86. The highest BCUT2D eigenvalue weighted by Gasteiger charge is 2.14. The summed E-state index contributed by atoms with van der Waals surface area (Å²) in [4.78, 5) is 9.03. The minimum atomic E-state index is -0.380. The van der Waals surface area contributed by atoms with Crippen molar-refractivity contribution in [2.45, 2.75) is 46.6 Å². The fourth-order valence-electron chi connectivity index (χ4n) is 1.64. The largest absolute Gasteiger partial charge is 0.391 e. The lowest BCUT2D eigenvalue weighted by Crippen LogP contribution is -2.25. The van der Waals surface area contributed by atoms with Crippen LogP contribution in [0.1, 0.15) is 45.0 Å². The second kappa shape index (κ2) is 6.70. The third-order valence-electron chi connectivity index (χ3n) is 3.16. The molecule has 5 nitrogen and oxygen atoms in total. The van der Waals surface area contributed by atoms with Crippen LogP contribution < -0.4 is 10.6 Å². The maximum Gasteiger partial charge on any atom is 0.135 e. The van der Waals surface area contributed by atoms with Gasteiger partial charge < -0.3 is 15.7 Å². The highest BCUT2D eigenvalue weighted by atomic mass is 16.3. The Morgan fingerprint density at radius 1 is 1.11 bits per heavy atom. The Bertz CT molecular complexity index is 418. The molecule has 3 N–H and O–H groups in total.